The number of carbonyl (C=O) groups excluding carboxylic acids is 1. The third-order valence-corrected chi connectivity index (χ3v) is 4.56. The molecule has 0 radical (unpaired) electrons. The van der Waals surface area contributed by atoms with Gasteiger partial charge in [-0.1, -0.05) is 48.7 Å². The molecule has 2 nitrogen and oxygen atoms in total. The van der Waals surface area contributed by atoms with Crippen molar-refractivity contribution in [3.8, 4) is 5.75 Å². The maximum atomic E-state index is 12.0. The van der Waals surface area contributed by atoms with Crippen molar-refractivity contribution in [2.24, 2.45) is 0 Å². The zero-order chi connectivity index (χ0) is 15.2. The largest absolute Gasteiger partial charge is 0.485 e. The van der Waals surface area contributed by atoms with Crippen LogP contribution in [0.3, 0.4) is 0 Å². The summed E-state index contributed by atoms with van der Waals surface area (Å²) in [5, 5.41) is 0. The van der Waals surface area contributed by atoms with E-state index in [4.69, 9.17) is 27.9 Å². The highest BCUT2D eigenvalue weighted by atomic mass is 35.5. The lowest BCUT2D eigenvalue weighted by molar-refractivity contribution is 0.0922. The molecule has 0 N–H and O–H groups in total. The lowest BCUT2D eigenvalue weighted by Gasteiger charge is -2.06. The van der Waals surface area contributed by atoms with E-state index in [1.807, 2.05) is 24.3 Å². The van der Waals surface area contributed by atoms with Crippen LogP contribution < -0.4 is 4.74 Å². The number of ketones is 1. The minimum absolute atomic E-state index is 0.0406. The minimum Gasteiger partial charge on any atom is -0.485 e. The number of Topliss-reactive ketones (excluding diaryl/α,β-unsaturated/α-hetero) is 1. The van der Waals surface area contributed by atoms with Gasteiger partial charge < -0.3 is 4.74 Å². The molecule has 112 valence electrons. The summed E-state index contributed by atoms with van der Waals surface area (Å²) in [4.78, 5) is 12.0. The van der Waals surface area contributed by atoms with E-state index in [1.165, 1.54) is 29.7 Å². The fraction of sp³-hybridized carbons (Fsp3) is 0.312. The van der Waals surface area contributed by atoms with Crippen molar-refractivity contribution in [1.82, 2.24) is 0 Å². The van der Waals surface area contributed by atoms with Crippen LogP contribution in [-0.4, -0.2) is 12.4 Å². The van der Waals surface area contributed by atoms with Crippen LogP contribution in [0.2, 0.25) is 8.67 Å². The fourth-order valence-electron chi connectivity index (χ4n) is 1.89. The van der Waals surface area contributed by atoms with Gasteiger partial charge in [0, 0.05) is 0 Å². The van der Waals surface area contributed by atoms with Crippen LogP contribution in [-0.2, 0) is 6.42 Å². The number of aryl methyl sites for hydroxylation is 1. The van der Waals surface area contributed by atoms with Gasteiger partial charge in [0.25, 0.3) is 0 Å². The molecule has 0 saturated carbocycles. The third kappa shape index (κ3) is 4.73. The fourth-order valence-corrected chi connectivity index (χ4v) is 3.39. The zero-order valence-corrected chi connectivity index (χ0v) is 14.0. The summed E-state index contributed by atoms with van der Waals surface area (Å²) in [6, 6.07) is 9.42. The first kappa shape index (κ1) is 16.3. The Morgan fingerprint density at radius 2 is 1.95 bits per heavy atom. The molecule has 0 fully saturated rings. The molecule has 0 aliphatic carbocycles. The Morgan fingerprint density at radius 1 is 1.24 bits per heavy atom. The number of thiophene rings is 1. The Labute approximate surface area is 138 Å². The summed E-state index contributed by atoms with van der Waals surface area (Å²) in [7, 11) is 0. The molecule has 1 aromatic carbocycles. The Balaban J connectivity index is 1.90. The van der Waals surface area contributed by atoms with Gasteiger partial charge in [-0.25, -0.2) is 0 Å². The lowest BCUT2D eigenvalue weighted by atomic mass is 10.1. The molecule has 0 bridgehead atoms. The molecular formula is C16H16Cl2O2S. The monoisotopic (exact) mass is 342 g/mol. The molecule has 2 rings (SSSR count). The number of rotatable bonds is 7. The molecule has 0 amide bonds. The number of halogens is 2. The van der Waals surface area contributed by atoms with E-state index in [9.17, 15) is 4.79 Å². The minimum atomic E-state index is -0.168. The van der Waals surface area contributed by atoms with Crippen molar-refractivity contribution >= 4 is 40.3 Å². The quantitative estimate of drug-likeness (QED) is 0.607. The Morgan fingerprint density at radius 3 is 2.52 bits per heavy atom. The zero-order valence-electron chi connectivity index (χ0n) is 11.7. The van der Waals surface area contributed by atoms with Crippen molar-refractivity contribution in [2.45, 2.75) is 26.2 Å². The SMILES string of the molecule is CCCCc1ccc(OCC(=O)c2cc(Cl)sc2Cl)cc1. The second-order valence-corrected chi connectivity index (χ2v) is 6.98. The molecule has 0 unspecified atom stereocenters. The molecule has 0 atom stereocenters. The average molecular weight is 343 g/mol. The molecule has 1 heterocycles. The number of carbonyl (C=O) groups is 1. The lowest BCUT2D eigenvalue weighted by Crippen LogP contribution is -2.11. The maximum absolute atomic E-state index is 12.0. The Bertz CT molecular complexity index is 605. The molecular weight excluding hydrogens is 327 g/mol. The predicted octanol–water partition coefficient (Wildman–Crippen LogP) is 5.66. The van der Waals surface area contributed by atoms with Crippen molar-refractivity contribution in [1.29, 1.82) is 0 Å². The first-order chi connectivity index (χ1) is 10.1. The van der Waals surface area contributed by atoms with Crippen LogP contribution in [0.15, 0.2) is 30.3 Å². The molecule has 0 saturated heterocycles. The Kier molecular flexibility index (Phi) is 6.09. The van der Waals surface area contributed by atoms with E-state index in [0.717, 1.165) is 6.42 Å². The summed E-state index contributed by atoms with van der Waals surface area (Å²) < 4.78 is 6.41. The van der Waals surface area contributed by atoms with Gasteiger partial charge >= 0.3 is 0 Å². The second-order valence-electron chi connectivity index (χ2n) is 4.70. The van der Waals surface area contributed by atoms with Crippen LogP contribution in [0.1, 0.15) is 35.7 Å². The van der Waals surface area contributed by atoms with Crippen LogP contribution in [0, 0.1) is 0 Å². The number of ether oxygens (including phenoxy) is 1. The van der Waals surface area contributed by atoms with E-state index in [2.05, 4.69) is 6.92 Å². The van der Waals surface area contributed by atoms with E-state index in [-0.39, 0.29) is 12.4 Å². The van der Waals surface area contributed by atoms with E-state index < -0.39 is 0 Å². The highest BCUT2D eigenvalue weighted by molar-refractivity contribution is 7.20. The van der Waals surface area contributed by atoms with Crippen LogP contribution in [0.25, 0.3) is 0 Å². The molecule has 0 aliphatic rings. The van der Waals surface area contributed by atoms with Gasteiger partial charge in [0.15, 0.2) is 6.61 Å². The van der Waals surface area contributed by atoms with Crippen molar-refractivity contribution in [3.05, 3.63) is 50.1 Å². The van der Waals surface area contributed by atoms with E-state index in [1.54, 1.807) is 6.07 Å². The molecule has 0 aliphatic heterocycles. The summed E-state index contributed by atoms with van der Waals surface area (Å²) in [5.74, 6) is 0.513. The summed E-state index contributed by atoms with van der Waals surface area (Å²) in [5.41, 5.74) is 1.70. The first-order valence-electron chi connectivity index (χ1n) is 6.80. The average Bonchev–Trinajstić information content (AvgIpc) is 2.82. The Hall–Kier alpha value is -1.03. The number of benzene rings is 1. The smallest absolute Gasteiger partial charge is 0.202 e. The summed E-state index contributed by atoms with van der Waals surface area (Å²) in [6.07, 6.45) is 3.42. The van der Waals surface area contributed by atoms with Gasteiger partial charge in [-0.2, -0.15) is 0 Å². The molecule has 5 heteroatoms. The second kappa shape index (κ2) is 7.83. The van der Waals surface area contributed by atoms with Crippen LogP contribution in [0.4, 0.5) is 0 Å². The van der Waals surface area contributed by atoms with Crippen molar-refractivity contribution < 1.29 is 9.53 Å². The van der Waals surface area contributed by atoms with E-state index in [0.29, 0.717) is 20.0 Å². The summed E-state index contributed by atoms with van der Waals surface area (Å²) in [6.45, 7) is 2.13. The van der Waals surface area contributed by atoms with Crippen molar-refractivity contribution in [3.63, 3.8) is 0 Å². The van der Waals surface area contributed by atoms with Gasteiger partial charge in [-0.05, 0) is 36.6 Å². The highest BCUT2D eigenvalue weighted by Gasteiger charge is 2.14. The first-order valence-corrected chi connectivity index (χ1v) is 8.37. The van der Waals surface area contributed by atoms with Gasteiger partial charge in [0.05, 0.1) is 9.90 Å². The molecule has 21 heavy (non-hydrogen) atoms. The van der Waals surface area contributed by atoms with Crippen LogP contribution >= 0.6 is 34.5 Å². The molecule has 2 aromatic rings. The number of hydrogen-bond donors (Lipinski definition) is 0. The van der Waals surface area contributed by atoms with E-state index >= 15 is 0 Å². The highest BCUT2D eigenvalue weighted by Crippen LogP contribution is 2.31. The van der Waals surface area contributed by atoms with Crippen molar-refractivity contribution in [2.75, 3.05) is 6.61 Å². The maximum Gasteiger partial charge on any atom is 0.202 e. The predicted molar refractivity (Wildman–Crippen MR) is 89.2 cm³/mol. The van der Waals surface area contributed by atoms with Gasteiger partial charge in [-0.15, -0.1) is 11.3 Å². The molecule has 1 aromatic heterocycles. The van der Waals surface area contributed by atoms with Gasteiger partial charge in [0.1, 0.15) is 10.1 Å². The standard InChI is InChI=1S/C16H16Cl2O2S/c1-2-3-4-11-5-7-12(8-6-11)20-10-14(19)13-9-15(17)21-16(13)18/h5-9H,2-4,10H2,1H3. The van der Waals surface area contributed by atoms with Crippen LogP contribution in [0.5, 0.6) is 5.75 Å². The number of unbranched alkanes of at least 4 members (excludes halogenated alkanes) is 1. The molecule has 0 spiro atoms. The number of hydrogen-bond acceptors (Lipinski definition) is 3. The van der Waals surface area contributed by atoms with Gasteiger partial charge in [0.2, 0.25) is 5.78 Å². The normalized spacial score (nSPS) is 10.6. The topological polar surface area (TPSA) is 26.3 Å². The van der Waals surface area contributed by atoms with Gasteiger partial charge in [-0.3, -0.25) is 4.79 Å². The summed E-state index contributed by atoms with van der Waals surface area (Å²) >= 11 is 13.0. The third-order valence-electron chi connectivity index (χ3n) is 3.07.